The van der Waals surface area contributed by atoms with Crippen LogP contribution in [0.25, 0.3) is 0 Å². The van der Waals surface area contributed by atoms with Gasteiger partial charge in [-0.3, -0.25) is 14.6 Å². The number of halogens is 3. The first-order chi connectivity index (χ1) is 15.2. The van der Waals surface area contributed by atoms with Crippen LogP contribution in [0.2, 0.25) is 0 Å². The fourth-order valence-corrected chi connectivity index (χ4v) is 2.73. The number of hydrogen-bond acceptors (Lipinski definition) is 5. The summed E-state index contributed by atoms with van der Waals surface area (Å²) in [7, 11) is 1.51. The molecule has 0 fully saturated rings. The zero-order valence-corrected chi connectivity index (χ0v) is 16.9. The maximum absolute atomic E-state index is 12.7. The first kappa shape index (κ1) is 22.7. The highest BCUT2D eigenvalue weighted by molar-refractivity contribution is 5.92. The molecule has 166 valence electrons. The van der Waals surface area contributed by atoms with Gasteiger partial charge in [0, 0.05) is 31.9 Å². The first-order valence-electron chi connectivity index (χ1n) is 9.52. The minimum atomic E-state index is -4.51. The quantitative estimate of drug-likeness (QED) is 0.569. The van der Waals surface area contributed by atoms with Gasteiger partial charge in [-0.15, -0.1) is 0 Å². The summed E-state index contributed by atoms with van der Waals surface area (Å²) < 4.78 is 43.9. The molecule has 2 N–H and O–H groups in total. The fourth-order valence-electron chi connectivity index (χ4n) is 2.73. The fraction of sp³-hybridized carbons (Fsp3) is 0.182. The lowest BCUT2D eigenvalue weighted by molar-refractivity contribution is -0.137. The van der Waals surface area contributed by atoms with Crippen molar-refractivity contribution in [2.45, 2.75) is 19.0 Å². The molecule has 0 saturated heterocycles. The van der Waals surface area contributed by atoms with Crippen LogP contribution in [0.3, 0.4) is 0 Å². The number of nitrogens with one attached hydrogen (secondary N) is 2. The summed E-state index contributed by atoms with van der Waals surface area (Å²) in [5.41, 5.74) is 0.184. The zero-order valence-electron chi connectivity index (χ0n) is 16.9. The van der Waals surface area contributed by atoms with Gasteiger partial charge in [0.2, 0.25) is 5.91 Å². The van der Waals surface area contributed by atoms with Gasteiger partial charge in [0.05, 0.1) is 5.56 Å². The molecule has 0 bridgehead atoms. The van der Waals surface area contributed by atoms with Gasteiger partial charge in [0.1, 0.15) is 23.0 Å². The van der Waals surface area contributed by atoms with Crippen molar-refractivity contribution in [1.82, 2.24) is 15.3 Å². The van der Waals surface area contributed by atoms with E-state index in [0.29, 0.717) is 17.9 Å². The Labute approximate surface area is 181 Å². The molecule has 7 nitrogen and oxygen atoms in total. The van der Waals surface area contributed by atoms with Crippen LogP contribution in [0.5, 0.6) is 11.5 Å². The highest BCUT2D eigenvalue weighted by atomic mass is 19.4. The van der Waals surface area contributed by atoms with Gasteiger partial charge in [-0.1, -0.05) is 12.1 Å². The van der Waals surface area contributed by atoms with Crippen molar-refractivity contribution in [2.24, 2.45) is 0 Å². The Morgan fingerprint density at radius 1 is 0.969 bits per heavy atom. The van der Waals surface area contributed by atoms with E-state index in [1.165, 1.54) is 19.3 Å². The maximum atomic E-state index is 12.7. The lowest BCUT2D eigenvalue weighted by atomic mass is 10.1. The Kier molecular flexibility index (Phi) is 7.04. The van der Waals surface area contributed by atoms with Crippen LogP contribution >= 0.6 is 0 Å². The number of rotatable bonds is 7. The second-order valence-corrected chi connectivity index (χ2v) is 6.68. The molecular formula is C22H19F3N4O3. The maximum Gasteiger partial charge on any atom is 0.416 e. The van der Waals surface area contributed by atoms with E-state index in [2.05, 4.69) is 20.6 Å². The van der Waals surface area contributed by atoms with Crippen molar-refractivity contribution >= 4 is 17.6 Å². The second-order valence-electron chi connectivity index (χ2n) is 6.68. The number of pyridine rings is 2. The molecular weight excluding hydrogens is 425 g/mol. The largest absolute Gasteiger partial charge is 0.457 e. The number of ether oxygens (including phenoxy) is 1. The summed E-state index contributed by atoms with van der Waals surface area (Å²) in [5.74, 6) is 0.0434. The molecule has 32 heavy (non-hydrogen) atoms. The second kappa shape index (κ2) is 9.90. The third kappa shape index (κ3) is 6.27. The van der Waals surface area contributed by atoms with Crippen molar-refractivity contribution < 1.29 is 27.5 Å². The summed E-state index contributed by atoms with van der Waals surface area (Å²) in [6.45, 7) is 0. The highest BCUT2D eigenvalue weighted by Crippen LogP contribution is 2.30. The Balaban J connectivity index is 1.54. The molecule has 0 unspecified atom stereocenters. The average molecular weight is 444 g/mol. The summed E-state index contributed by atoms with van der Waals surface area (Å²) in [6, 6.07) is 11.7. The Morgan fingerprint density at radius 2 is 1.69 bits per heavy atom. The minimum Gasteiger partial charge on any atom is -0.457 e. The van der Waals surface area contributed by atoms with Gasteiger partial charge >= 0.3 is 6.18 Å². The molecule has 0 radical (unpaired) electrons. The van der Waals surface area contributed by atoms with Gasteiger partial charge in [0.25, 0.3) is 5.91 Å². The molecule has 0 aliphatic carbocycles. The van der Waals surface area contributed by atoms with Crippen molar-refractivity contribution in [3.05, 3.63) is 77.7 Å². The SMILES string of the molecule is CNC(=O)c1cc(Oc2ccc(CCC(=O)Nc3cc(C(F)(F)F)ccn3)cc2)ccn1. The normalized spacial score (nSPS) is 11.0. The molecule has 0 aliphatic rings. The number of amides is 2. The summed E-state index contributed by atoms with van der Waals surface area (Å²) in [5, 5.41) is 4.86. The first-order valence-corrected chi connectivity index (χ1v) is 9.52. The van der Waals surface area contributed by atoms with E-state index < -0.39 is 17.6 Å². The van der Waals surface area contributed by atoms with Crippen molar-refractivity contribution in [3.63, 3.8) is 0 Å². The molecule has 2 amide bonds. The Bertz CT molecular complexity index is 1100. The number of benzene rings is 1. The highest BCUT2D eigenvalue weighted by Gasteiger charge is 2.30. The zero-order chi connectivity index (χ0) is 23.1. The number of aromatic nitrogens is 2. The Hall–Kier alpha value is -3.95. The Morgan fingerprint density at radius 3 is 2.38 bits per heavy atom. The van der Waals surface area contributed by atoms with Crippen LogP contribution in [-0.2, 0) is 17.4 Å². The number of carbonyl (C=O) groups is 2. The molecule has 1 aromatic carbocycles. The summed E-state index contributed by atoms with van der Waals surface area (Å²) in [4.78, 5) is 31.4. The monoisotopic (exact) mass is 444 g/mol. The third-order valence-corrected chi connectivity index (χ3v) is 4.35. The van der Waals surface area contributed by atoms with E-state index in [4.69, 9.17) is 4.74 Å². The minimum absolute atomic E-state index is 0.0674. The molecule has 2 aromatic heterocycles. The van der Waals surface area contributed by atoms with Gasteiger partial charge in [-0.05, 0) is 42.3 Å². The molecule has 3 rings (SSSR count). The standard InChI is InChI=1S/C22H19F3N4O3/c1-26-21(31)18-13-17(9-11-27-18)32-16-5-2-14(3-6-16)4-7-20(30)29-19-12-15(8-10-28-19)22(23,24)25/h2-3,5-6,8-13H,4,7H2,1H3,(H,26,31)(H,28,29,30). The van der Waals surface area contributed by atoms with Crippen LogP contribution in [0, 0.1) is 0 Å². The lowest BCUT2D eigenvalue weighted by Crippen LogP contribution is -2.18. The molecule has 0 aliphatic heterocycles. The van der Waals surface area contributed by atoms with Gasteiger partial charge < -0.3 is 15.4 Å². The van der Waals surface area contributed by atoms with Crippen LogP contribution in [0.15, 0.2) is 60.9 Å². The molecule has 0 atom stereocenters. The predicted octanol–water partition coefficient (Wildman–Crippen LogP) is 4.22. The van der Waals surface area contributed by atoms with Crippen LogP contribution in [-0.4, -0.2) is 28.8 Å². The number of hydrogen-bond donors (Lipinski definition) is 2. The van der Waals surface area contributed by atoms with E-state index in [-0.39, 0.29) is 23.8 Å². The smallest absolute Gasteiger partial charge is 0.416 e. The van der Waals surface area contributed by atoms with E-state index in [9.17, 15) is 22.8 Å². The van der Waals surface area contributed by atoms with Crippen molar-refractivity contribution in [2.75, 3.05) is 12.4 Å². The predicted molar refractivity (Wildman–Crippen MR) is 110 cm³/mol. The summed E-state index contributed by atoms with van der Waals surface area (Å²) >= 11 is 0. The van der Waals surface area contributed by atoms with E-state index in [0.717, 1.165) is 23.9 Å². The van der Waals surface area contributed by atoms with Crippen molar-refractivity contribution in [3.8, 4) is 11.5 Å². The van der Waals surface area contributed by atoms with Gasteiger partial charge in [0.15, 0.2) is 0 Å². The van der Waals surface area contributed by atoms with E-state index in [1.807, 2.05) is 0 Å². The van der Waals surface area contributed by atoms with Gasteiger partial charge in [-0.25, -0.2) is 4.98 Å². The number of carbonyl (C=O) groups excluding carboxylic acids is 2. The molecule has 2 heterocycles. The number of aryl methyl sites for hydroxylation is 1. The molecule has 0 spiro atoms. The van der Waals surface area contributed by atoms with E-state index in [1.54, 1.807) is 30.3 Å². The summed E-state index contributed by atoms with van der Waals surface area (Å²) in [6.07, 6.45) is -1.60. The molecule has 3 aromatic rings. The third-order valence-electron chi connectivity index (χ3n) is 4.35. The number of alkyl halides is 3. The topological polar surface area (TPSA) is 93.2 Å². The number of anilines is 1. The van der Waals surface area contributed by atoms with E-state index >= 15 is 0 Å². The number of nitrogens with zero attached hydrogens (tertiary/aromatic N) is 2. The van der Waals surface area contributed by atoms with Crippen LogP contribution < -0.4 is 15.4 Å². The molecule has 10 heteroatoms. The van der Waals surface area contributed by atoms with Gasteiger partial charge in [-0.2, -0.15) is 13.2 Å². The lowest BCUT2D eigenvalue weighted by Gasteiger charge is -2.09. The van der Waals surface area contributed by atoms with Crippen LogP contribution in [0.4, 0.5) is 19.0 Å². The molecule has 0 saturated carbocycles. The average Bonchev–Trinajstić information content (AvgIpc) is 2.78. The van der Waals surface area contributed by atoms with Crippen LogP contribution in [0.1, 0.15) is 28.0 Å². The van der Waals surface area contributed by atoms with Crippen molar-refractivity contribution in [1.29, 1.82) is 0 Å².